The van der Waals surface area contributed by atoms with Gasteiger partial charge in [0.25, 0.3) is 5.91 Å². The number of amides is 1. The van der Waals surface area contributed by atoms with E-state index in [2.05, 4.69) is 0 Å². The number of carboxylic acid groups (broad SMARTS) is 1. The highest BCUT2D eigenvalue weighted by molar-refractivity contribution is 7.89. The fourth-order valence-corrected chi connectivity index (χ4v) is 2.59. The first-order chi connectivity index (χ1) is 10.2. The van der Waals surface area contributed by atoms with Crippen molar-refractivity contribution in [1.29, 1.82) is 0 Å². The quantitative estimate of drug-likeness (QED) is 0.674. The Balaban J connectivity index is 2.00. The molecule has 1 aliphatic heterocycles. The number of primary sulfonamides is 1. The first-order valence-corrected chi connectivity index (χ1v) is 7.81. The average Bonchev–Trinajstić information content (AvgIpc) is 2.73. The molecule has 0 aliphatic carbocycles. The van der Waals surface area contributed by atoms with Crippen molar-refractivity contribution in [2.45, 2.75) is 11.3 Å². The molecule has 0 bridgehead atoms. The maximum absolute atomic E-state index is 11.7. The van der Waals surface area contributed by atoms with Crippen LogP contribution in [0.3, 0.4) is 0 Å². The number of carboxylic acids is 1. The van der Waals surface area contributed by atoms with E-state index in [-0.39, 0.29) is 23.6 Å². The molecular formula is C13H14N2O6S. The number of carbonyl (C=O) groups is 2. The van der Waals surface area contributed by atoms with Crippen LogP contribution in [0.4, 0.5) is 0 Å². The molecule has 1 amide bonds. The molecule has 1 aromatic rings. The van der Waals surface area contributed by atoms with E-state index in [1.807, 2.05) is 0 Å². The maximum atomic E-state index is 11.7. The summed E-state index contributed by atoms with van der Waals surface area (Å²) in [6.45, 7) is 0.0453. The fourth-order valence-electron chi connectivity index (χ4n) is 2.08. The van der Waals surface area contributed by atoms with Crippen molar-refractivity contribution in [3.05, 3.63) is 41.2 Å². The number of hydrogen-bond donors (Lipinski definition) is 3. The number of aliphatic hydroxyl groups is 1. The molecule has 0 fully saturated rings. The normalized spacial score (nSPS) is 15.5. The number of benzene rings is 1. The summed E-state index contributed by atoms with van der Waals surface area (Å²) in [4.78, 5) is 23.7. The van der Waals surface area contributed by atoms with E-state index in [1.165, 1.54) is 17.0 Å². The lowest BCUT2D eigenvalue weighted by Gasteiger charge is -2.15. The van der Waals surface area contributed by atoms with Gasteiger partial charge < -0.3 is 15.1 Å². The van der Waals surface area contributed by atoms with Crippen molar-refractivity contribution in [2.24, 2.45) is 5.14 Å². The van der Waals surface area contributed by atoms with Crippen LogP contribution in [-0.2, 0) is 26.0 Å². The zero-order valence-electron chi connectivity index (χ0n) is 11.4. The SMILES string of the molecule is NS(=O)(=O)c1ccc(CCN2CC(C(=O)O)=C(O)C2=O)cc1. The highest BCUT2D eigenvalue weighted by Crippen LogP contribution is 2.18. The third-order valence-corrected chi connectivity index (χ3v) is 4.23. The first-order valence-electron chi connectivity index (χ1n) is 6.26. The Morgan fingerprint density at radius 1 is 1.27 bits per heavy atom. The summed E-state index contributed by atoms with van der Waals surface area (Å²) < 4.78 is 22.3. The monoisotopic (exact) mass is 326 g/mol. The van der Waals surface area contributed by atoms with Gasteiger partial charge in [0.2, 0.25) is 10.0 Å². The predicted octanol–water partition coefficient (Wildman–Crippen LogP) is -0.385. The molecule has 1 heterocycles. The number of aliphatic carboxylic acids is 1. The van der Waals surface area contributed by atoms with Gasteiger partial charge in [0.15, 0.2) is 5.76 Å². The highest BCUT2D eigenvalue weighted by atomic mass is 32.2. The number of nitrogens with zero attached hydrogens (tertiary/aromatic N) is 1. The summed E-state index contributed by atoms with van der Waals surface area (Å²) in [7, 11) is -3.75. The second-order valence-electron chi connectivity index (χ2n) is 4.80. The van der Waals surface area contributed by atoms with Crippen LogP contribution in [0.2, 0.25) is 0 Å². The first kappa shape index (κ1) is 16.0. The minimum Gasteiger partial charge on any atom is -0.503 e. The molecular weight excluding hydrogens is 312 g/mol. The minimum absolute atomic E-state index is 0.0130. The molecule has 0 saturated heterocycles. The Morgan fingerprint density at radius 3 is 2.32 bits per heavy atom. The van der Waals surface area contributed by atoms with Crippen LogP contribution in [0.25, 0.3) is 0 Å². The van der Waals surface area contributed by atoms with E-state index in [0.29, 0.717) is 6.42 Å². The van der Waals surface area contributed by atoms with Crippen LogP contribution < -0.4 is 5.14 Å². The van der Waals surface area contributed by atoms with E-state index < -0.39 is 27.7 Å². The van der Waals surface area contributed by atoms with E-state index in [4.69, 9.17) is 10.2 Å². The molecule has 0 unspecified atom stereocenters. The number of sulfonamides is 1. The van der Waals surface area contributed by atoms with Crippen LogP contribution in [0.1, 0.15) is 5.56 Å². The topological polar surface area (TPSA) is 138 Å². The molecule has 118 valence electrons. The zero-order valence-corrected chi connectivity index (χ0v) is 12.2. The second kappa shape index (κ2) is 5.78. The maximum Gasteiger partial charge on any atom is 0.337 e. The van der Waals surface area contributed by atoms with Crippen LogP contribution in [0.15, 0.2) is 40.5 Å². The smallest absolute Gasteiger partial charge is 0.337 e. The summed E-state index contributed by atoms with van der Waals surface area (Å²) in [5.74, 6) is -2.79. The van der Waals surface area contributed by atoms with Crippen molar-refractivity contribution in [2.75, 3.05) is 13.1 Å². The summed E-state index contributed by atoms with van der Waals surface area (Å²) in [6.07, 6.45) is 0.386. The predicted molar refractivity (Wildman–Crippen MR) is 75.4 cm³/mol. The molecule has 0 saturated carbocycles. The Labute approximate surface area is 126 Å². The second-order valence-corrected chi connectivity index (χ2v) is 6.36. The molecule has 22 heavy (non-hydrogen) atoms. The molecule has 9 heteroatoms. The van der Waals surface area contributed by atoms with Crippen molar-refractivity contribution in [3.8, 4) is 0 Å². The Kier molecular flexibility index (Phi) is 4.20. The summed E-state index contributed by atoms with van der Waals surface area (Å²) in [6, 6.07) is 5.83. The molecule has 0 spiro atoms. The van der Waals surface area contributed by atoms with Crippen LogP contribution in [-0.4, -0.2) is 48.5 Å². The van der Waals surface area contributed by atoms with Gasteiger partial charge in [-0.15, -0.1) is 0 Å². The fraction of sp³-hybridized carbons (Fsp3) is 0.231. The van der Waals surface area contributed by atoms with Gasteiger partial charge in [0.1, 0.15) is 5.57 Å². The van der Waals surface area contributed by atoms with Crippen molar-refractivity contribution >= 4 is 21.9 Å². The van der Waals surface area contributed by atoms with E-state index in [1.54, 1.807) is 12.1 Å². The Morgan fingerprint density at radius 2 is 1.86 bits per heavy atom. The van der Waals surface area contributed by atoms with Crippen LogP contribution in [0.5, 0.6) is 0 Å². The number of carbonyl (C=O) groups excluding carboxylic acids is 1. The van der Waals surface area contributed by atoms with E-state index in [9.17, 15) is 23.1 Å². The largest absolute Gasteiger partial charge is 0.503 e. The van der Waals surface area contributed by atoms with Gasteiger partial charge in [0.05, 0.1) is 11.4 Å². The third-order valence-electron chi connectivity index (χ3n) is 3.31. The number of rotatable bonds is 5. The molecule has 4 N–H and O–H groups in total. The Bertz CT molecular complexity index is 751. The number of hydrogen-bond acceptors (Lipinski definition) is 5. The molecule has 0 atom stereocenters. The van der Waals surface area contributed by atoms with Gasteiger partial charge in [-0.25, -0.2) is 18.4 Å². The lowest BCUT2D eigenvalue weighted by atomic mass is 10.1. The summed E-state index contributed by atoms with van der Waals surface area (Å²) >= 11 is 0. The van der Waals surface area contributed by atoms with Crippen LogP contribution in [0, 0.1) is 0 Å². The van der Waals surface area contributed by atoms with Gasteiger partial charge in [0, 0.05) is 6.54 Å². The zero-order chi connectivity index (χ0) is 16.5. The molecule has 0 aromatic heterocycles. The lowest BCUT2D eigenvalue weighted by molar-refractivity contribution is -0.133. The van der Waals surface area contributed by atoms with Crippen molar-refractivity contribution in [1.82, 2.24) is 4.90 Å². The lowest BCUT2D eigenvalue weighted by Crippen LogP contribution is -2.29. The van der Waals surface area contributed by atoms with Gasteiger partial charge in [-0.1, -0.05) is 12.1 Å². The number of nitrogens with two attached hydrogens (primary N) is 1. The molecule has 8 nitrogen and oxygen atoms in total. The highest BCUT2D eigenvalue weighted by Gasteiger charge is 2.33. The van der Waals surface area contributed by atoms with Gasteiger partial charge >= 0.3 is 5.97 Å². The van der Waals surface area contributed by atoms with Gasteiger partial charge in [-0.05, 0) is 24.1 Å². The third kappa shape index (κ3) is 3.26. The van der Waals surface area contributed by atoms with Gasteiger partial charge in [-0.2, -0.15) is 0 Å². The molecule has 1 aromatic carbocycles. The van der Waals surface area contributed by atoms with E-state index >= 15 is 0 Å². The average molecular weight is 326 g/mol. The standard InChI is InChI=1S/C13H14N2O6S/c14-22(20,21)9-3-1-8(2-4-9)5-6-15-7-10(13(18)19)11(16)12(15)17/h1-4,16H,5-7H2,(H,18,19)(H2,14,20,21). The summed E-state index contributed by atoms with van der Waals surface area (Å²) in [5, 5.41) is 23.3. The van der Waals surface area contributed by atoms with Crippen LogP contribution >= 0.6 is 0 Å². The van der Waals surface area contributed by atoms with Crippen molar-refractivity contribution < 1.29 is 28.2 Å². The summed E-state index contributed by atoms with van der Waals surface area (Å²) in [5.41, 5.74) is 0.429. The number of aliphatic hydroxyl groups excluding tert-OH is 1. The molecule has 0 radical (unpaired) electrons. The molecule has 2 rings (SSSR count). The Hall–Kier alpha value is -2.39. The van der Waals surface area contributed by atoms with E-state index in [0.717, 1.165) is 5.56 Å². The minimum atomic E-state index is -3.75. The van der Waals surface area contributed by atoms with Gasteiger partial charge in [-0.3, -0.25) is 4.79 Å². The molecule has 1 aliphatic rings. The van der Waals surface area contributed by atoms with Crippen molar-refractivity contribution in [3.63, 3.8) is 0 Å².